The van der Waals surface area contributed by atoms with E-state index < -0.39 is 0 Å². The molecule has 0 unspecified atom stereocenters. The first-order valence-electron chi connectivity index (χ1n) is 12.6. The highest BCUT2D eigenvalue weighted by Gasteiger charge is 2.26. The number of carbonyl (C=O) groups excluding carboxylic acids is 2. The van der Waals surface area contributed by atoms with Gasteiger partial charge in [0.05, 0.1) is 19.3 Å². The predicted octanol–water partition coefficient (Wildman–Crippen LogP) is 3.86. The number of anilines is 1. The van der Waals surface area contributed by atoms with E-state index in [4.69, 9.17) is 4.74 Å². The zero-order valence-electron chi connectivity index (χ0n) is 21.7. The van der Waals surface area contributed by atoms with Crippen molar-refractivity contribution in [3.63, 3.8) is 0 Å². The Hall–Kier alpha value is -3.16. The summed E-state index contributed by atoms with van der Waals surface area (Å²) in [4.78, 5) is 31.7. The Morgan fingerprint density at radius 2 is 1.74 bits per heavy atom. The lowest BCUT2D eigenvalue weighted by atomic mass is 10.1. The van der Waals surface area contributed by atoms with Crippen LogP contribution in [0.15, 0.2) is 36.4 Å². The van der Waals surface area contributed by atoms with Crippen LogP contribution in [0.1, 0.15) is 47.0 Å². The first kappa shape index (κ1) is 26.4. The van der Waals surface area contributed by atoms with Crippen LogP contribution in [0.3, 0.4) is 0 Å². The Balaban J connectivity index is 1.60. The van der Waals surface area contributed by atoms with Crippen molar-refractivity contribution in [1.82, 2.24) is 20.0 Å². The lowest BCUT2D eigenvalue weighted by Gasteiger charge is -2.31. The maximum atomic E-state index is 13.1. The number of hydrogen-bond acceptors (Lipinski definition) is 6. The Labute approximate surface area is 209 Å². The molecule has 1 aliphatic heterocycles. The Morgan fingerprint density at radius 3 is 2.34 bits per heavy atom. The molecule has 1 fully saturated rings. The fourth-order valence-electron chi connectivity index (χ4n) is 4.23. The molecule has 3 rings (SSSR count). The normalized spacial score (nSPS) is 15.0. The number of nitrogens with zero attached hydrogens (tertiary/aromatic N) is 5. The molecule has 0 N–H and O–H groups in total. The van der Waals surface area contributed by atoms with Crippen LogP contribution in [0.25, 0.3) is 11.3 Å². The highest BCUT2D eigenvalue weighted by molar-refractivity contribution is 5.85. The van der Waals surface area contributed by atoms with Gasteiger partial charge in [-0.1, -0.05) is 20.8 Å². The molecule has 1 saturated heterocycles. The summed E-state index contributed by atoms with van der Waals surface area (Å²) in [6, 6.07) is 11.8. The van der Waals surface area contributed by atoms with Crippen LogP contribution >= 0.6 is 0 Å². The minimum Gasteiger partial charge on any atom is -0.497 e. The van der Waals surface area contributed by atoms with Crippen LogP contribution in [0.4, 0.5) is 5.82 Å². The summed E-state index contributed by atoms with van der Waals surface area (Å²) in [6.45, 7) is 11.1. The second kappa shape index (κ2) is 12.5. The fraction of sp³-hybridized carbons (Fsp3) is 0.556. The summed E-state index contributed by atoms with van der Waals surface area (Å²) in [6.07, 6.45) is 2.14. The molecule has 1 aromatic carbocycles. The Kier molecular flexibility index (Phi) is 9.46. The molecule has 190 valence electrons. The number of rotatable bonds is 9. The Morgan fingerprint density at radius 1 is 1.00 bits per heavy atom. The molecule has 1 aromatic heterocycles. The number of benzene rings is 1. The quantitative estimate of drug-likeness (QED) is 0.541. The predicted molar refractivity (Wildman–Crippen MR) is 138 cm³/mol. The molecule has 0 bridgehead atoms. The van der Waals surface area contributed by atoms with Crippen LogP contribution < -0.4 is 9.64 Å². The monoisotopic (exact) mass is 481 g/mol. The summed E-state index contributed by atoms with van der Waals surface area (Å²) in [7, 11) is 1.65. The molecule has 0 spiro atoms. The summed E-state index contributed by atoms with van der Waals surface area (Å²) < 4.78 is 5.22. The maximum Gasteiger partial charge on any atom is 0.242 e. The largest absolute Gasteiger partial charge is 0.497 e. The zero-order valence-corrected chi connectivity index (χ0v) is 21.7. The van der Waals surface area contributed by atoms with Crippen molar-refractivity contribution in [2.24, 2.45) is 5.92 Å². The van der Waals surface area contributed by atoms with Gasteiger partial charge in [-0.05, 0) is 62.1 Å². The van der Waals surface area contributed by atoms with Crippen molar-refractivity contribution in [3.05, 3.63) is 36.4 Å². The van der Waals surface area contributed by atoms with E-state index in [0.29, 0.717) is 26.1 Å². The van der Waals surface area contributed by atoms with E-state index in [1.54, 1.807) is 12.0 Å². The van der Waals surface area contributed by atoms with Crippen LogP contribution in [0.2, 0.25) is 0 Å². The van der Waals surface area contributed by atoms with Crippen molar-refractivity contribution in [1.29, 1.82) is 0 Å². The molecular formula is C27H39N5O3. The second-order valence-electron chi connectivity index (χ2n) is 9.60. The summed E-state index contributed by atoms with van der Waals surface area (Å²) in [5.41, 5.74) is 1.79. The number of ether oxygens (including phenoxy) is 1. The number of methoxy groups -OCH3 is 1. The standard InChI is InChI=1S/C27H39N5O3/c1-6-21(4)32(26(33)18-20(2)3)19-27(34)31-15-7-14-30(16-17-31)25-13-12-24(28-29-25)22-8-10-23(35-5)11-9-22/h8-13,20-21H,6-7,14-19H2,1-5H3/t21-/m1/s1. The van der Waals surface area contributed by atoms with Gasteiger partial charge in [-0.25, -0.2) is 0 Å². The van der Waals surface area contributed by atoms with Crippen molar-refractivity contribution < 1.29 is 14.3 Å². The smallest absolute Gasteiger partial charge is 0.242 e. The van der Waals surface area contributed by atoms with Gasteiger partial charge in [-0.3, -0.25) is 9.59 Å². The molecule has 8 nitrogen and oxygen atoms in total. The van der Waals surface area contributed by atoms with Gasteiger partial charge in [0.25, 0.3) is 0 Å². The van der Waals surface area contributed by atoms with Gasteiger partial charge in [-0.15, -0.1) is 10.2 Å². The molecule has 0 radical (unpaired) electrons. The summed E-state index contributed by atoms with van der Waals surface area (Å²) >= 11 is 0. The highest BCUT2D eigenvalue weighted by atomic mass is 16.5. The molecule has 1 atom stereocenters. The summed E-state index contributed by atoms with van der Waals surface area (Å²) in [5.74, 6) is 1.97. The molecule has 35 heavy (non-hydrogen) atoms. The van der Waals surface area contributed by atoms with E-state index in [2.05, 4.69) is 22.0 Å². The zero-order chi connectivity index (χ0) is 25.4. The average molecular weight is 482 g/mol. The second-order valence-corrected chi connectivity index (χ2v) is 9.60. The number of aromatic nitrogens is 2. The minimum atomic E-state index is 0.0187. The van der Waals surface area contributed by atoms with Gasteiger partial charge < -0.3 is 19.4 Å². The van der Waals surface area contributed by atoms with E-state index in [0.717, 1.165) is 42.2 Å². The van der Waals surface area contributed by atoms with E-state index in [1.165, 1.54) is 0 Å². The van der Waals surface area contributed by atoms with Crippen LogP contribution in [-0.4, -0.2) is 77.7 Å². The maximum absolute atomic E-state index is 13.1. The van der Waals surface area contributed by atoms with Gasteiger partial charge >= 0.3 is 0 Å². The van der Waals surface area contributed by atoms with Gasteiger partial charge in [0.1, 0.15) is 5.75 Å². The first-order valence-corrected chi connectivity index (χ1v) is 12.6. The first-order chi connectivity index (χ1) is 16.8. The molecular weight excluding hydrogens is 442 g/mol. The highest BCUT2D eigenvalue weighted by Crippen LogP contribution is 2.22. The molecule has 8 heteroatoms. The lowest BCUT2D eigenvalue weighted by Crippen LogP contribution is -2.47. The number of amides is 2. The topological polar surface area (TPSA) is 78.9 Å². The van der Waals surface area contributed by atoms with E-state index >= 15 is 0 Å². The SMILES string of the molecule is CC[C@@H](C)N(CC(=O)N1CCCN(c2ccc(-c3ccc(OC)cc3)nn2)CC1)C(=O)CC(C)C. The third-order valence-electron chi connectivity index (χ3n) is 6.54. The molecule has 2 heterocycles. The van der Waals surface area contributed by atoms with Crippen molar-refractivity contribution in [3.8, 4) is 17.0 Å². The summed E-state index contributed by atoms with van der Waals surface area (Å²) in [5, 5.41) is 8.87. The molecule has 2 aromatic rings. The van der Waals surface area contributed by atoms with Crippen LogP contribution in [-0.2, 0) is 9.59 Å². The van der Waals surface area contributed by atoms with E-state index in [1.807, 2.05) is 62.1 Å². The minimum absolute atomic E-state index is 0.0187. The van der Waals surface area contributed by atoms with Gasteiger partial charge in [-0.2, -0.15) is 0 Å². The van der Waals surface area contributed by atoms with E-state index in [9.17, 15) is 9.59 Å². The van der Waals surface area contributed by atoms with Gasteiger partial charge in [0.15, 0.2) is 5.82 Å². The average Bonchev–Trinajstić information content (AvgIpc) is 3.13. The third-order valence-corrected chi connectivity index (χ3v) is 6.54. The number of hydrogen-bond donors (Lipinski definition) is 0. The van der Waals surface area contributed by atoms with Gasteiger partial charge in [0, 0.05) is 44.2 Å². The van der Waals surface area contributed by atoms with Gasteiger partial charge in [0.2, 0.25) is 11.8 Å². The van der Waals surface area contributed by atoms with Crippen molar-refractivity contribution in [2.75, 3.05) is 44.7 Å². The number of carbonyl (C=O) groups is 2. The van der Waals surface area contributed by atoms with Crippen molar-refractivity contribution in [2.45, 2.75) is 53.0 Å². The molecule has 0 saturated carbocycles. The van der Waals surface area contributed by atoms with Crippen LogP contribution in [0, 0.1) is 5.92 Å². The molecule has 0 aliphatic carbocycles. The molecule has 2 amide bonds. The Bertz CT molecular complexity index is 962. The molecule has 1 aliphatic rings. The van der Waals surface area contributed by atoms with Crippen molar-refractivity contribution >= 4 is 17.6 Å². The lowest BCUT2D eigenvalue weighted by molar-refractivity contribution is -0.142. The fourth-order valence-corrected chi connectivity index (χ4v) is 4.23. The van der Waals surface area contributed by atoms with E-state index in [-0.39, 0.29) is 30.3 Å². The third kappa shape index (κ3) is 7.16. The van der Waals surface area contributed by atoms with Crippen LogP contribution in [0.5, 0.6) is 5.75 Å².